The monoisotopic (exact) mass is 291 g/mol. The fourth-order valence-corrected chi connectivity index (χ4v) is 1.95. The Balaban J connectivity index is 2.82. The Morgan fingerprint density at radius 1 is 1.38 bits per heavy atom. The highest BCUT2D eigenvalue weighted by atomic mass is 16.6. The Morgan fingerprint density at radius 2 is 2.00 bits per heavy atom. The van der Waals surface area contributed by atoms with Crippen LogP contribution in [-0.2, 0) is 4.74 Å². The highest BCUT2D eigenvalue weighted by Gasteiger charge is 2.25. The van der Waals surface area contributed by atoms with E-state index in [-0.39, 0.29) is 0 Å². The number of nitrogens with one attached hydrogen (secondary N) is 1. The van der Waals surface area contributed by atoms with Crippen molar-refractivity contribution in [3.05, 3.63) is 48.6 Å². The largest absolute Gasteiger partial charge is 0.444 e. The molecule has 2 atom stereocenters. The van der Waals surface area contributed by atoms with Gasteiger partial charge in [-0.1, -0.05) is 36.4 Å². The molecule has 116 valence electrons. The molecule has 4 nitrogen and oxygen atoms in total. The summed E-state index contributed by atoms with van der Waals surface area (Å²) in [5.41, 5.74) is 0.275. The van der Waals surface area contributed by atoms with Crippen molar-refractivity contribution in [2.75, 3.05) is 0 Å². The maximum atomic E-state index is 12.0. The molecule has 1 aromatic carbocycles. The van der Waals surface area contributed by atoms with Crippen molar-refractivity contribution in [1.82, 2.24) is 5.32 Å². The van der Waals surface area contributed by atoms with Crippen molar-refractivity contribution in [3.8, 4) is 0 Å². The summed E-state index contributed by atoms with van der Waals surface area (Å²) in [7, 11) is 0. The number of carbonyl (C=O) groups is 1. The first kappa shape index (κ1) is 17.2. The smallest absolute Gasteiger partial charge is 0.408 e. The SMILES string of the molecule is C=CCC[C@@H](O)[C@@H](NC(=O)OC(C)(C)C)c1ccccc1. The van der Waals surface area contributed by atoms with Crippen molar-refractivity contribution in [2.24, 2.45) is 0 Å². The molecule has 0 saturated heterocycles. The van der Waals surface area contributed by atoms with Crippen molar-refractivity contribution in [3.63, 3.8) is 0 Å². The molecule has 2 N–H and O–H groups in total. The average molecular weight is 291 g/mol. The number of carbonyl (C=O) groups excluding carboxylic acids is 1. The van der Waals surface area contributed by atoms with Crippen LogP contribution >= 0.6 is 0 Å². The third-order valence-corrected chi connectivity index (χ3v) is 2.88. The summed E-state index contributed by atoms with van der Waals surface area (Å²) in [4.78, 5) is 12.0. The molecule has 0 bridgehead atoms. The van der Waals surface area contributed by atoms with Crippen LogP contribution in [-0.4, -0.2) is 22.9 Å². The van der Waals surface area contributed by atoms with Crippen LogP contribution in [0.3, 0.4) is 0 Å². The minimum Gasteiger partial charge on any atom is -0.444 e. The van der Waals surface area contributed by atoms with Crippen molar-refractivity contribution >= 4 is 6.09 Å². The topological polar surface area (TPSA) is 58.6 Å². The average Bonchev–Trinajstić information content (AvgIpc) is 2.41. The number of aliphatic hydroxyl groups is 1. The summed E-state index contributed by atoms with van der Waals surface area (Å²) in [6, 6.07) is 8.89. The molecule has 0 aliphatic rings. The molecule has 0 aromatic heterocycles. The van der Waals surface area contributed by atoms with Gasteiger partial charge in [-0.2, -0.15) is 0 Å². The number of ether oxygens (including phenoxy) is 1. The number of amides is 1. The zero-order valence-corrected chi connectivity index (χ0v) is 13.0. The van der Waals surface area contributed by atoms with E-state index in [4.69, 9.17) is 4.74 Å². The predicted octanol–water partition coefficient (Wildman–Crippen LogP) is 3.58. The van der Waals surface area contributed by atoms with E-state index in [9.17, 15) is 9.90 Å². The summed E-state index contributed by atoms with van der Waals surface area (Å²) in [6.07, 6.45) is 1.73. The molecule has 4 heteroatoms. The van der Waals surface area contributed by atoms with Crippen molar-refractivity contribution in [1.29, 1.82) is 0 Å². The van der Waals surface area contributed by atoms with Crippen LogP contribution in [0.4, 0.5) is 4.79 Å². The van der Waals surface area contributed by atoms with Gasteiger partial charge in [0.15, 0.2) is 0 Å². The molecule has 0 aliphatic carbocycles. The molecule has 0 aliphatic heterocycles. The summed E-state index contributed by atoms with van der Waals surface area (Å²) < 4.78 is 5.26. The van der Waals surface area contributed by atoms with Crippen molar-refractivity contribution in [2.45, 2.75) is 51.4 Å². The Bertz CT molecular complexity index is 451. The van der Waals surface area contributed by atoms with Gasteiger partial charge in [-0.15, -0.1) is 6.58 Å². The van der Waals surface area contributed by atoms with Crippen LogP contribution in [0, 0.1) is 0 Å². The lowest BCUT2D eigenvalue weighted by molar-refractivity contribution is 0.0412. The first-order valence-corrected chi connectivity index (χ1v) is 7.17. The summed E-state index contributed by atoms with van der Waals surface area (Å²) in [5.74, 6) is 0. The van der Waals surface area contributed by atoms with E-state index in [1.807, 2.05) is 30.3 Å². The summed E-state index contributed by atoms with van der Waals surface area (Å²) >= 11 is 0. The van der Waals surface area contributed by atoms with Crippen LogP contribution in [0.2, 0.25) is 0 Å². The summed E-state index contributed by atoms with van der Waals surface area (Å²) in [6.45, 7) is 9.06. The molecule has 0 saturated carbocycles. The Hall–Kier alpha value is -1.81. The number of hydrogen-bond donors (Lipinski definition) is 2. The molecule has 0 spiro atoms. The van der Waals surface area contributed by atoms with Crippen LogP contribution < -0.4 is 5.32 Å². The number of allylic oxidation sites excluding steroid dienone is 1. The lowest BCUT2D eigenvalue weighted by Crippen LogP contribution is -2.39. The second-order valence-electron chi connectivity index (χ2n) is 5.97. The zero-order valence-electron chi connectivity index (χ0n) is 13.0. The molecule has 1 aromatic rings. The molecule has 0 fully saturated rings. The molecule has 0 radical (unpaired) electrons. The lowest BCUT2D eigenvalue weighted by atomic mass is 9.98. The number of rotatable bonds is 6. The molecule has 1 rings (SSSR count). The Morgan fingerprint density at radius 3 is 2.52 bits per heavy atom. The van der Waals surface area contributed by atoms with Gasteiger partial charge in [0.1, 0.15) is 5.60 Å². The van der Waals surface area contributed by atoms with Gasteiger partial charge in [-0.25, -0.2) is 4.79 Å². The van der Waals surface area contributed by atoms with E-state index in [0.717, 1.165) is 5.56 Å². The van der Waals surface area contributed by atoms with E-state index in [0.29, 0.717) is 12.8 Å². The van der Waals surface area contributed by atoms with E-state index in [1.165, 1.54) is 0 Å². The number of alkyl carbamates (subject to hydrolysis) is 1. The normalized spacial score (nSPS) is 14.1. The minimum atomic E-state index is -0.696. The van der Waals surface area contributed by atoms with Gasteiger partial charge < -0.3 is 15.2 Å². The molecule has 0 heterocycles. The lowest BCUT2D eigenvalue weighted by Gasteiger charge is -2.27. The van der Waals surface area contributed by atoms with Crippen LogP contribution in [0.5, 0.6) is 0 Å². The molecular formula is C17H25NO3. The van der Waals surface area contributed by atoms with Gasteiger partial charge in [0, 0.05) is 0 Å². The second kappa shape index (κ2) is 7.84. The van der Waals surface area contributed by atoms with Crippen LogP contribution in [0.25, 0.3) is 0 Å². The standard InChI is InChI=1S/C17H25NO3/c1-5-6-12-14(19)15(13-10-8-7-9-11-13)18-16(20)21-17(2,3)4/h5,7-11,14-15,19H,1,6,12H2,2-4H3,(H,18,20)/t14-,15+/m1/s1. The molecule has 0 unspecified atom stereocenters. The Labute approximate surface area is 126 Å². The first-order chi connectivity index (χ1) is 9.83. The van der Waals surface area contributed by atoms with E-state index in [1.54, 1.807) is 26.8 Å². The van der Waals surface area contributed by atoms with Gasteiger partial charge in [0.25, 0.3) is 0 Å². The third kappa shape index (κ3) is 6.45. The van der Waals surface area contributed by atoms with Gasteiger partial charge in [-0.3, -0.25) is 0 Å². The predicted molar refractivity (Wildman–Crippen MR) is 84.0 cm³/mol. The number of benzene rings is 1. The quantitative estimate of drug-likeness (QED) is 0.788. The van der Waals surface area contributed by atoms with Crippen molar-refractivity contribution < 1.29 is 14.6 Å². The van der Waals surface area contributed by atoms with Crippen LogP contribution in [0.15, 0.2) is 43.0 Å². The van der Waals surface area contributed by atoms with Gasteiger partial charge >= 0.3 is 6.09 Å². The fourth-order valence-electron chi connectivity index (χ4n) is 1.95. The van der Waals surface area contributed by atoms with Gasteiger partial charge in [-0.05, 0) is 39.2 Å². The third-order valence-electron chi connectivity index (χ3n) is 2.88. The van der Waals surface area contributed by atoms with E-state index in [2.05, 4.69) is 11.9 Å². The second-order valence-corrected chi connectivity index (χ2v) is 5.97. The highest BCUT2D eigenvalue weighted by molar-refractivity contribution is 5.68. The minimum absolute atomic E-state index is 0.499. The van der Waals surface area contributed by atoms with Crippen LogP contribution in [0.1, 0.15) is 45.2 Å². The zero-order chi connectivity index (χ0) is 15.9. The van der Waals surface area contributed by atoms with Gasteiger partial charge in [0.05, 0.1) is 12.1 Å². The highest BCUT2D eigenvalue weighted by Crippen LogP contribution is 2.21. The maximum absolute atomic E-state index is 12.0. The molecule has 21 heavy (non-hydrogen) atoms. The van der Waals surface area contributed by atoms with Gasteiger partial charge in [0.2, 0.25) is 0 Å². The maximum Gasteiger partial charge on any atom is 0.408 e. The molecular weight excluding hydrogens is 266 g/mol. The fraction of sp³-hybridized carbons (Fsp3) is 0.471. The van der Waals surface area contributed by atoms with E-state index >= 15 is 0 Å². The van der Waals surface area contributed by atoms with E-state index < -0.39 is 23.8 Å². The Kier molecular flexibility index (Phi) is 6.43. The summed E-state index contributed by atoms with van der Waals surface area (Å²) in [5, 5.41) is 13.1. The number of hydrogen-bond acceptors (Lipinski definition) is 3. The first-order valence-electron chi connectivity index (χ1n) is 7.17. The number of aliphatic hydroxyl groups excluding tert-OH is 1. The molecule has 1 amide bonds.